The number of benzene rings is 2. The third-order valence-corrected chi connectivity index (χ3v) is 20.0. The van der Waals surface area contributed by atoms with E-state index in [0.717, 1.165) is 27.2 Å². The lowest BCUT2D eigenvalue weighted by Gasteiger charge is -2.35. The standard InChI is InChI=1S/C71H106N12O21/c1-10-37(4)55-65(97)75-47(25-27-84)64(96)77-49(29-44-20-15-12-16-21-44)62(94)72-31-53(90)79-56(60(92)36(2)3)69(101)81-26-24-38(5)57(81)66(98)76-48(30-46(104-71(103)41(8)74-42(9)86)23-17-22-45(87)28-43-18-13-11-14-19-43)61(93)68(100)78-50(35-85)63(95)73-32-54(91)82-33-51(88)40(7)59(82)70(102)83-34-52(89)39(6)58(83)67(99)80-55/h11-16,18-21,36-41,45-52,55-61,84-85,87-89,92-93H,10,17,22-35H2,1-9H3,(H,72,94)(H,73,95)(H,74,86)(H,75,97)(H,76,98)(H,77,96)(H,78,100)(H,79,90)(H,80,99)/t37-,38+,39-,40+,41+,45-,46-,47-,48+,49+,50-,51+,52-,55-,56-,57+,58-,59+,60-,61-/m0/s1. The highest BCUT2D eigenvalue weighted by atomic mass is 16.5. The van der Waals surface area contributed by atoms with Crippen molar-refractivity contribution < 1.29 is 103 Å². The number of hydrogen-bond acceptors (Lipinski definition) is 21. The van der Waals surface area contributed by atoms with Crippen LogP contribution in [-0.4, -0.2) is 270 Å². The number of nitrogens with one attached hydrogen (secondary N) is 9. The van der Waals surface area contributed by atoms with Gasteiger partial charge in [0.2, 0.25) is 65.0 Å². The quantitative estimate of drug-likeness (QED) is 0.0555. The number of aliphatic hydroxyl groups excluding tert-OH is 7. The van der Waals surface area contributed by atoms with Gasteiger partial charge in [0.15, 0.2) is 6.10 Å². The summed E-state index contributed by atoms with van der Waals surface area (Å²) in [7, 11) is 0. The summed E-state index contributed by atoms with van der Waals surface area (Å²) in [6.45, 7) is 8.62. The maximum Gasteiger partial charge on any atom is 0.328 e. The van der Waals surface area contributed by atoms with Gasteiger partial charge >= 0.3 is 5.97 Å². The number of fused-ring (bicyclic) bond motifs is 3. The van der Waals surface area contributed by atoms with E-state index >= 15 is 9.59 Å². The van der Waals surface area contributed by atoms with Crippen molar-refractivity contribution in [2.45, 2.75) is 217 Å². The van der Waals surface area contributed by atoms with Gasteiger partial charge in [0.1, 0.15) is 60.5 Å². The smallest absolute Gasteiger partial charge is 0.328 e. The Morgan fingerprint density at radius 2 is 1.19 bits per heavy atom. The molecule has 0 aliphatic carbocycles. The van der Waals surface area contributed by atoms with Gasteiger partial charge in [-0.05, 0) is 74.3 Å². The fourth-order valence-electron chi connectivity index (χ4n) is 13.5. The minimum Gasteiger partial charge on any atom is -0.461 e. The zero-order valence-corrected chi connectivity index (χ0v) is 60.4. The monoisotopic (exact) mass is 1460 g/mol. The van der Waals surface area contributed by atoms with Gasteiger partial charge in [0, 0.05) is 57.8 Å². The van der Waals surface area contributed by atoms with Crippen LogP contribution in [-0.2, 0) is 79.9 Å². The maximum absolute atomic E-state index is 15.1. The molecule has 16 N–H and O–H groups in total. The molecule has 0 aromatic heterocycles. The summed E-state index contributed by atoms with van der Waals surface area (Å²) in [6.07, 6.45) is -9.50. The number of aliphatic hydroxyl groups is 7. The first kappa shape index (κ1) is 84.2. The van der Waals surface area contributed by atoms with Crippen LogP contribution in [0.25, 0.3) is 0 Å². The first-order valence-electron chi connectivity index (χ1n) is 35.7. The van der Waals surface area contributed by atoms with Crippen LogP contribution >= 0.6 is 0 Å². The molecule has 33 heteroatoms. The number of carbonyl (C=O) groups excluding carboxylic acids is 13. The Morgan fingerprint density at radius 3 is 1.80 bits per heavy atom. The largest absolute Gasteiger partial charge is 0.461 e. The number of ether oxygens (including phenoxy) is 1. The van der Waals surface area contributed by atoms with Crippen LogP contribution in [0.5, 0.6) is 0 Å². The molecule has 4 aliphatic rings. The predicted molar refractivity (Wildman–Crippen MR) is 371 cm³/mol. The Morgan fingerprint density at radius 1 is 0.615 bits per heavy atom. The van der Waals surface area contributed by atoms with Crippen molar-refractivity contribution in [3.05, 3.63) is 71.8 Å². The van der Waals surface area contributed by atoms with E-state index in [1.165, 1.54) is 20.8 Å². The van der Waals surface area contributed by atoms with Crippen molar-refractivity contribution in [3.8, 4) is 0 Å². The fourth-order valence-corrected chi connectivity index (χ4v) is 13.5. The van der Waals surface area contributed by atoms with Crippen molar-refractivity contribution in [3.63, 3.8) is 0 Å². The van der Waals surface area contributed by atoms with E-state index in [0.29, 0.717) is 5.56 Å². The predicted octanol–water partition coefficient (Wildman–Crippen LogP) is -4.56. The lowest BCUT2D eigenvalue weighted by Crippen LogP contribution is -2.62. The van der Waals surface area contributed by atoms with Gasteiger partial charge in [-0.2, -0.15) is 0 Å². The summed E-state index contributed by atoms with van der Waals surface area (Å²) >= 11 is 0. The van der Waals surface area contributed by atoms with Crippen molar-refractivity contribution in [2.75, 3.05) is 45.9 Å². The molecular formula is C71H106N12O21. The van der Waals surface area contributed by atoms with E-state index in [1.54, 1.807) is 83.1 Å². The highest BCUT2D eigenvalue weighted by Crippen LogP contribution is 2.33. The van der Waals surface area contributed by atoms with E-state index in [4.69, 9.17) is 4.74 Å². The van der Waals surface area contributed by atoms with Gasteiger partial charge in [0.25, 0.3) is 5.91 Å². The third-order valence-electron chi connectivity index (χ3n) is 20.0. The molecule has 0 radical (unpaired) electrons. The molecule has 12 amide bonds. The highest BCUT2D eigenvalue weighted by molar-refractivity contribution is 5.99. The summed E-state index contributed by atoms with van der Waals surface area (Å²) in [5.74, 6) is -17.2. The number of esters is 1. The Balaban J connectivity index is 1.41. The second kappa shape index (κ2) is 39.4. The van der Waals surface area contributed by atoms with Crippen LogP contribution in [0.3, 0.4) is 0 Å². The van der Waals surface area contributed by atoms with E-state index in [9.17, 15) is 88.5 Å². The van der Waals surface area contributed by atoms with Crippen LogP contribution in [0.15, 0.2) is 60.7 Å². The zero-order chi connectivity index (χ0) is 77.0. The van der Waals surface area contributed by atoms with Crippen LogP contribution < -0.4 is 47.9 Å². The second-order valence-electron chi connectivity index (χ2n) is 28.2. The Hall–Kier alpha value is -8.73. The first-order valence-corrected chi connectivity index (χ1v) is 35.7. The molecule has 576 valence electrons. The number of hydrogen-bond donors (Lipinski definition) is 16. The molecular weight excluding hydrogens is 1360 g/mol. The Labute approximate surface area is 604 Å². The Kier molecular flexibility index (Phi) is 31.9. The lowest BCUT2D eigenvalue weighted by atomic mass is 9.94. The molecule has 104 heavy (non-hydrogen) atoms. The molecule has 0 saturated carbocycles. The summed E-state index contributed by atoms with van der Waals surface area (Å²) in [5, 5.41) is 101. The normalized spacial score (nSPS) is 29.4. The molecule has 33 nitrogen and oxygen atoms in total. The van der Waals surface area contributed by atoms with Crippen molar-refractivity contribution >= 4 is 76.9 Å². The maximum atomic E-state index is 15.1. The summed E-state index contributed by atoms with van der Waals surface area (Å²) in [6, 6.07) is 1.39. The van der Waals surface area contributed by atoms with Crippen LogP contribution in [0, 0.1) is 29.6 Å². The number of rotatable bonds is 20. The molecule has 2 aromatic rings. The van der Waals surface area contributed by atoms with Crippen molar-refractivity contribution in [2.24, 2.45) is 29.6 Å². The minimum atomic E-state index is -2.42. The number of nitrogens with zero attached hydrogens (tertiary/aromatic N) is 3. The molecule has 2 aromatic carbocycles. The summed E-state index contributed by atoms with van der Waals surface area (Å²) in [5.41, 5.74) is 1.33. The molecule has 0 bridgehead atoms. The van der Waals surface area contributed by atoms with Gasteiger partial charge < -0.3 is 103 Å². The first-order chi connectivity index (χ1) is 49.2. The van der Waals surface area contributed by atoms with E-state index in [2.05, 4.69) is 47.9 Å². The van der Waals surface area contributed by atoms with Crippen molar-refractivity contribution in [1.82, 2.24) is 62.6 Å². The second-order valence-corrected chi connectivity index (χ2v) is 28.2. The topological polar surface area (TPSA) is 491 Å². The van der Waals surface area contributed by atoms with E-state index in [1.807, 2.05) is 12.1 Å². The molecule has 20 atom stereocenters. The van der Waals surface area contributed by atoms with E-state index in [-0.39, 0.29) is 51.5 Å². The van der Waals surface area contributed by atoms with E-state index < -0.39 is 256 Å². The third kappa shape index (κ3) is 22.6. The van der Waals surface area contributed by atoms with Crippen LogP contribution in [0.2, 0.25) is 0 Å². The molecule has 0 unspecified atom stereocenters. The number of carbonyl (C=O) groups is 13. The van der Waals surface area contributed by atoms with Crippen LogP contribution in [0.4, 0.5) is 0 Å². The van der Waals surface area contributed by atoms with Gasteiger partial charge in [0.05, 0.1) is 50.2 Å². The van der Waals surface area contributed by atoms with Gasteiger partial charge in [-0.25, -0.2) is 4.79 Å². The van der Waals surface area contributed by atoms with Gasteiger partial charge in [-0.15, -0.1) is 0 Å². The highest BCUT2D eigenvalue weighted by Gasteiger charge is 2.53. The molecule has 6 rings (SSSR count). The lowest BCUT2D eigenvalue weighted by molar-refractivity contribution is -0.154. The van der Waals surface area contributed by atoms with Gasteiger partial charge in [-0.1, -0.05) is 116 Å². The average molecular weight is 1460 g/mol. The Bertz CT molecular complexity index is 3320. The van der Waals surface area contributed by atoms with Gasteiger partial charge in [-0.3, -0.25) is 57.5 Å². The average Bonchev–Trinajstić information content (AvgIpc) is 1.62. The summed E-state index contributed by atoms with van der Waals surface area (Å²) in [4.78, 5) is 189. The zero-order valence-electron chi connectivity index (χ0n) is 60.4. The molecule has 4 aliphatic heterocycles. The molecule has 0 spiro atoms. The van der Waals surface area contributed by atoms with Crippen LogP contribution in [0.1, 0.15) is 118 Å². The minimum absolute atomic E-state index is 0.0969. The molecule has 4 heterocycles. The fraction of sp³-hybridized carbons (Fsp3) is 0.648. The summed E-state index contributed by atoms with van der Waals surface area (Å²) < 4.78 is 5.91. The number of amides is 12. The SMILES string of the molecule is CC[C@H](C)[C@@H]1NC(=O)[C@@H]2[C@@H](C)[C@@H](O)CN2C(=O)[C@H]2[C@H](C)[C@H](O)CN2C(=O)CNC(=O)[C@H](CO)NC(=O)[C@@H](O)[C@@H](C[C@H](CCC[C@H](O)Cc2ccccc2)OC(=O)[C@@H](C)NC(C)=O)NC(=O)[C@H]2[C@H](C)CCN2C(=O)[C@H]([C@@H](O)C(C)C)NC(=O)CNC(=O)[C@@H](Cc2ccccc2)NC(=O)[C@H](CCO)NC1=O. The molecule has 4 fully saturated rings. The molecule has 4 saturated heterocycles. The van der Waals surface area contributed by atoms with Crippen molar-refractivity contribution in [1.29, 1.82) is 0 Å².